The topological polar surface area (TPSA) is 37.5 Å². The summed E-state index contributed by atoms with van der Waals surface area (Å²) in [5, 5.41) is 9.98. The van der Waals surface area contributed by atoms with E-state index in [1.165, 1.54) is 0 Å². The Morgan fingerprint density at radius 1 is 1.29 bits per heavy atom. The number of hydrogen-bond donors (Lipinski definition) is 1. The minimum absolute atomic E-state index is 0.0632. The van der Waals surface area contributed by atoms with Gasteiger partial charge in [-0.05, 0) is 25.5 Å². The van der Waals surface area contributed by atoms with Crippen LogP contribution in [0.3, 0.4) is 0 Å². The van der Waals surface area contributed by atoms with Gasteiger partial charge in [-0.1, -0.05) is 26.8 Å². The number of imidazole rings is 1. The predicted octanol–water partition coefficient (Wildman–Crippen LogP) is 2.99. The van der Waals surface area contributed by atoms with Gasteiger partial charge in [-0.25, -0.2) is 4.98 Å². The minimum Gasteiger partial charge on any atom is -0.387 e. The lowest BCUT2D eigenvalue weighted by molar-refractivity contribution is 0.190. The van der Waals surface area contributed by atoms with Crippen LogP contribution in [-0.2, 0) is 5.41 Å². The number of pyridine rings is 1. The van der Waals surface area contributed by atoms with Crippen LogP contribution in [0.2, 0.25) is 0 Å². The standard InChI is InChI=1S/C14H20N2O/c1-9-6-7-11-15-13(14(3,4)5)12(10(2)17)16(11)8-9/h6-8,10,17H,1-5H3. The average molecular weight is 232 g/mol. The van der Waals surface area contributed by atoms with Crippen LogP contribution in [-0.4, -0.2) is 14.5 Å². The van der Waals surface area contributed by atoms with Gasteiger partial charge in [-0.2, -0.15) is 0 Å². The number of hydrogen-bond acceptors (Lipinski definition) is 2. The molecule has 3 heteroatoms. The van der Waals surface area contributed by atoms with E-state index in [2.05, 4.69) is 25.8 Å². The maximum Gasteiger partial charge on any atom is 0.137 e. The van der Waals surface area contributed by atoms with E-state index in [0.29, 0.717) is 0 Å². The van der Waals surface area contributed by atoms with E-state index < -0.39 is 6.10 Å². The zero-order valence-corrected chi connectivity index (χ0v) is 11.2. The summed E-state index contributed by atoms with van der Waals surface area (Å²) in [5.41, 5.74) is 3.87. The summed E-state index contributed by atoms with van der Waals surface area (Å²) in [6, 6.07) is 4.04. The van der Waals surface area contributed by atoms with Crippen molar-refractivity contribution < 1.29 is 5.11 Å². The van der Waals surface area contributed by atoms with Crippen LogP contribution in [0.5, 0.6) is 0 Å². The molecule has 1 N–H and O–H groups in total. The Balaban J connectivity index is 2.81. The fourth-order valence-electron chi connectivity index (χ4n) is 2.12. The molecule has 2 aromatic heterocycles. The molecule has 0 aliphatic carbocycles. The normalized spacial score (nSPS) is 14.2. The largest absolute Gasteiger partial charge is 0.387 e. The molecule has 17 heavy (non-hydrogen) atoms. The lowest BCUT2D eigenvalue weighted by atomic mass is 9.89. The molecule has 92 valence electrons. The molecule has 0 radical (unpaired) electrons. The van der Waals surface area contributed by atoms with Gasteiger partial charge in [-0.15, -0.1) is 0 Å². The molecule has 1 unspecified atom stereocenters. The molecular weight excluding hydrogens is 212 g/mol. The first-order chi connectivity index (χ1) is 7.80. The molecule has 2 heterocycles. The third-order valence-electron chi connectivity index (χ3n) is 2.91. The van der Waals surface area contributed by atoms with Crippen LogP contribution in [0.15, 0.2) is 18.3 Å². The SMILES string of the molecule is Cc1ccc2nc(C(C)(C)C)c(C(C)O)n2c1. The monoisotopic (exact) mass is 232 g/mol. The highest BCUT2D eigenvalue weighted by atomic mass is 16.3. The van der Waals surface area contributed by atoms with Crippen LogP contribution in [0.1, 0.15) is 50.8 Å². The van der Waals surface area contributed by atoms with E-state index in [4.69, 9.17) is 0 Å². The third-order valence-corrected chi connectivity index (χ3v) is 2.91. The lowest BCUT2D eigenvalue weighted by Crippen LogP contribution is -2.16. The molecule has 2 rings (SSSR count). The quantitative estimate of drug-likeness (QED) is 0.820. The molecule has 0 aliphatic rings. The summed E-state index contributed by atoms with van der Waals surface area (Å²) >= 11 is 0. The zero-order chi connectivity index (χ0) is 12.8. The van der Waals surface area contributed by atoms with Crippen molar-refractivity contribution in [2.45, 2.75) is 46.1 Å². The second-order valence-corrected chi connectivity index (χ2v) is 5.71. The number of nitrogens with zero attached hydrogens (tertiary/aromatic N) is 2. The second-order valence-electron chi connectivity index (χ2n) is 5.71. The van der Waals surface area contributed by atoms with Crippen molar-refractivity contribution in [1.29, 1.82) is 0 Å². The molecule has 0 spiro atoms. The summed E-state index contributed by atoms with van der Waals surface area (Å²) in [7, 11) is 0. The van der Waals surface area contributed by atoms with E-state index in [1.54, 1.807) is 6.92 Å². The molecule has 0 saturated heterocycles. The van der Waals surface area contributed by atoms with E-state index in [0.717, 1.165) is 22.6 Å². The van der Waals surface area contributed by atoms with Crippen LogP contribution in [0.4, 0.5) is 0 Å². The molecule has 0 aliphatic heterocycles. The molecule has 2 aromatic rings. The number of aromatic nitrogens is 2. The second kappa shape index (κ2) is 3.84. The van der Waals surface area contributed by atoms with Gasteiger partial charge in [0.05, 0.1) is 17.5 Å². The number of aryl methyl sites for hydroxylation is 1. The van der Waals surface area contributed by atoms with Crippen LogP contribution >= 0.6 is 0 Å². The van der Waals surface area contributed by atoms with Gasteiger partial charge in [0.25, 0.3) is 0 Å². The van der Waals surface area contributed by atoms with Crippen molar-refractivity contribution in [2.24, 2.45) is 0 Å². The summed E-state index contributed by atoms with van der Waals surface area (Å²) in [4.78, 5) is 4.65. The first-order valence-corrected chi connectivity index (χ1v) is 5.98. The van der Waals surface area contributed by atoms with E-state index >= 15 is 0 Å². The summed E-state index contributed by atoms with van der Waals surface area (Å²) in [6.07, 6.45) is 1.51. The Morgan fingerprint density at radius 2 is 1.94 bits per heavy atom. The Kier molecular flexibility index (Phi) is 2.74. The molecule has 3 nitrogen and oxygen atoms in total. The van der Waals surface area contributed by atoms with Crippen molar-refractivity contribution in [1.82, 2.24) is 9.38 Å². The Labute approximate surface area is 102 Å². The number of aliphatic hydroxyl groups excluding tert-OH is 1. The van der Waals surface area contributed by atoms with Crippen LogP contribution in [0, 0.1) is 6.92 Å². The van der Waals surface area contributed by atoms with E-state index in [9.17, 15) is 5.11 Å². The molecule has 0 aromatic carbocycles. The van der Waals surface area contributed by atoms with Crippen LogP contribution in [0.25, 0.3) is 5.65 Å². The summed E-state index contributed by atoms with van der Waals surface area (Å²) < 4.78 is 2.00. The van der Waals surface area contributed by atoms with Gasteiger partial charge >= 0.3 is 0 Å². The molecular formula is C14H20N2O. The molecule has 0 fully saturated rings. The predicted molar refractivity (Wildman–Crippen MR) is 69.3 cm³/mol. The highest BCUT2D eigenvalue weighted by Gasteiger charge is 2.25. The van der Waals surface area contributed by atoms with Gasteiger partial charge in [0.15, 0.2) is 0 Å². The van der Waals surface area contributed by atoms with Crippen molar-refractivity contribution in [3.63, 3.8) is 0 Å². The maximum absolute atomic E-state index is 9.98. The number of aliphatic hydroxyl groups is 1. The summed E-state index contributed by atoms with van der Waals surface area (Å²) in [6.45, 7) is 10.2. The highest BCUT2D eigenvalue weighted by molar-refractivity contribution is 5.46. The van der Waals surface area contributed by atoms with Crippen LogP contribution < -0.4 is 0 Å². The van der Waals surface area contributed by atoms with Gasteiger partial charge in [-0.3, -0.25) is 0 Å². The number of fused-ring (bicyclic) bond motifs is 1. The van der Waals surface area contributed by atoms with Crippen molar-refractivity contribution in [3.05, 3.63) is 35.3 Å². The Bertz CT molecular complexity index is 547. The fourth-order valence-corrected chi connectivity index (χ4v) is 2.12. The maximum atomic E-state index is 9.98. The summed E-state index contributed by atoms with van der Waals surface area (Å²) in [5.74, 6) is 0. The zero-order valence-electron chi connectivity index (χ0n) is 11.2. The third kappa shape index (κ3) is 2.07. The van der Waals surface area contributed by atoms with Crippen molar-refractivity contribution in [2.75, 3.05) is 0 Å². The van der Waals surface area contributed by atoms with Gasteiger partial charge in [0.1, 0.15) is 5.65 Å². The average Bonchev–Trinajstić information content (AvgIpc) is 2.55. The first kappa shape index (κ1) is 12.1. The minimum atomic E-state index is -0.513. The van der Waals surface area contributed by atoms with Gasteiger partial charge < -0.3 is 9.51 Å². The van der Waals surface area contributed by atoms with Crippen molar-refractivity contribution in [3.8, 4) is 0 Å². The van der Waals surface area contributed by atoms with Gasteiger partial charge in [0, 0.05) is 11.6 Å². The highest BCUT2D eigenvalue weighted by Crippen LogP contribution is 2.30. The smallest absolute Gasteiger partial charge is 0.137 e. The van der Waals surface area contributed by atoms with E-state index in [1.807, 2.05) is 29.7 Å². The van der Waals surface area contributed by atoms with Gasteiger partial charge in [0.2, 0.25) is 0 Å². The Hall–Kier alpha value is -1.35. The molecule has 1 atom stereocenters. The first-order valence-electron chi connectivity index (χ1n) is 5.98. The molecule has 0 saturated carbocycles. The Morgan fingerprint density at radius 3 is 2.47 bits per heavy atom. The lowest BCUT2D eigenvalue weighted by Gasteiger charge is -2.19. The van der Waals surface area contributed by atoms with E-state index in [-0.39, 0.29) is 5.41 Å². The number of rotatable bonds is 1. The fraction of sp³-hybridized carbons (Fsp3) is 0.500. The molecule has 0 bridgehead atoms. The molecule has 0 amide bonds. The van der Waals surface area contributed by atoms with Crippen molar-refractivity contribution >= 4 is 5.65 Å².